The van der Waals surface area contributed by atoms with Gasteiger partial charge < -0.3 is 5.32 Å². The number of nitrogens with zero attached hydrogens (tertiary/aromatic N) is 2. The molecule has 0 bridgehead atoms. The topological polar surface area (TPSA) is 29.9 Å². The Morgan fingerprint density at radius 2 is 2.29 bits per heavy atom. The van der Waals surface area contributed by atoms with E-state index in [9.17, 15) is 0 Å². The summed E-state index contributed by atoms with van der Waals surface area (Å²) in [5.41, 5.74) is 1.43. The third kappa shape index (κ3) is 3.09. The van der Waals surface area contributed by atoms with Gasteiger partial charge in [-0.1, -0.05) is 20.3 Å². The predicted octanol–water partition coefficient (Wildman–Crippen LogP) is 2.55. The lowest BCUT2D eigenvalue weighted by molar-refractivity contribution is 0.242. The van der Waals surface area contributed by atoms with E-state index >= 15 is 0 Å². The minimum absolute atomic E-state index is 0.700. The van der Waals surface area contributed by atoms with Gasteiger partial charge in [-0.05, 0) is 49.2 Å². The third-order valence-corrected chi connectivity index (χ3v) is 4.07. The second kappa shape index (κ2) is 5.67. The molecular formula is C14H25N3. The average Bonchev–Trinajstić information content (AvgIpc) is 2.74. The maximum absolute atomic E-state index is 4.33. The Hall–Kier alpha value is -0.830. The lowest BCUT2D eigenvalue weighted by Gasteiger charge is -2.34. The summed E-state index contributed by atoms with van der Waals surface area (Å²) >= 11 is 0. The summed E-state index contributed by atoms with van der Waals surface area (Å²) in [7, 11) is 2.01. The summed E-state index contributed by atoms with van der Waals surface area (Å²) in [5, 5.41) is 7.84. The van der Waals surface area contributed by atoms with Gasteiger partial charge in [-0.2, -0.15) is 5.10 Å². The highest BCUT2D eigenvalue weighted by atomic mass is 15.2. The summed E-state index contributed by atoms with van der Waals surface area (Å²) in [6.07, 6.45) is 8.31. The predicted molar refractivity (Wildman–Crippen MR) is 71.0 cm³/mol. The fourth-order valence-corrected chi connectivity index (χ4v) is 3.06. The molecule has 1 aromatic rings. The summed E-state index contributed by atoms with van der Waals surface area (Å²) in [6, 6.07) is 0. The van der Waals surface area contributed by atoms with Crippen LogP contribution in [0.15, 0.2) is 12.4 Å². The van der Waals surface area contributed by atoms with Crippen LogP contribution in [0, 0.1) is 11.8 Å². The van der Waals surface area contributed by atoms with Crippen molar-refractivity contribution < 1.29 is 0 Å². The standard InChI is InChI=1S/C14H25N3/c1-4-15-8-12-6-5-11(2)7-14(12)13-9-16-17(3)10-13/h9-12,14-15H,4-8H2,1-3H3. The van der Waals surface area contributed by atoms with E-state index in [1.54, 1.807) is 0 Å². The zero-order valence-electron chi connectivity index (χ0n) is 11.3. The van der Waals surface area contributed by atoms with Crippen LogP contribution < -0.4 is 5.32 Å². The van der Waals surface area contributed by atoms with Crippen LogP contribution in [0.4, 0.5) is 0 Å². The number of hydrogen-bond donors (Lipinski definition) is 1. The molecule has 0 spiro atoms. The first-order valence-electron chi connectivity index (χ1n) is 6.90. The molecule has 0 aliphatic heterocycles. The first kappa shape index (κ1) is 12.6. The molecule has 0 amide bonds. The molecule has 96 valence electrons. The summed E-state index contributed by atoms with van der Waals surface area (Å²) in [6.45, 7) is 6.80. The smallest absolute Gasteiger partial charge is 0.0524 e. The third-order valence-electron chi connectivity index (χ3n) is 4.07. The molecule has 2 rings (SSSR count). The second-order valence-corrected chi connectivity index (χ2v) is 5.54. The van der Waals surface area contributed by atoms with Crippen molar-refractivity contribution in [3.63, 3.8) is 0 Å². The van der Waals surface area contributed by atoms with E-state index in [-0.39, 0.29) is 0 Å². The highest BCUT2D eigenvalue weighted by molar-refractivity contribution is 5.14. The molecule has 3 unspecified atom stereocenters. The van der Waals surface area contributed by atoms with Crippen LogP contribution in [0.2, 0.25) is 0 Å². The minimum atomic E-state index is 0.700. The van der Waals surface area contributed by atoms with Gasteiger partial charge in [0.2, 0.25) is 0 Å². The molecule has 1 fully saturated rings. The highest BCUT2D eigenvalue weighted by Crippen LogP contribution is 2.39. The summed E-state index contributed by atoms with van der Waals surface area (Å²) < 4.78 is 1.93. The lowest BCUT2D eigenvalue weighted by atomic mass is 9.72. The molecule has 1 saturated carbocycles. The van der Waals surface area contributed by atoms with Crippen LogP contribution in [0.3, 0.4) is 0 Å². The van der Waals surface area contributed by atoms with Crippen molar-refractivity contribution in [2.75, 3.05) is 13.1 Å². The van der Waals surface area contributed by atoms with Gasteiger partial charge in [0, 0.05) is 13.2 Å². The second-order valence-electron chi connectivity index (χ2n) is 5.54. The fraction of sp³-hybridized carbons (Fsp3) is 0.786. The van der Waals surface area contributed by atoms with Crippen molar-refractivity contribution in [2.45, 2.75) is 39.0 Å². The Kier molecular flexibility index (Phi) is 4.21. The zero-order chi connectivity index (χ0) is 12.3. The SMILES string of the molecule is CCNCC1CCC(C)CC1c1cnn(C)c1. The molecule has 0 aromatic carbocycles. The summed E-state index contributed by atoms with van der Waals surface area (Å²) in [4.78, 5) is 0. The van der Waals surface area contributed by atoms with E-state index < -0.39 is 0 Å². The molecule has 1 N–H and O–H groups in total. The van der Waals surface area contributed by atoms with E-state index in [2.05, 4.69) is 36.7 Å². The van der Waals surface area contributed by atoms with Crippen molar-refractivity contribution in [1.29, 1.82) is 0 Å². The molecule has 17 heavy (non-hydrogen) atoms. The van der Waals surface area contributed by atoms with Gasteiger partial charge in [-0.15, -0.1) is 0 Å². The van der Waals surface area contributed by atoms with Crippen LogP contribution in [0.5, 0.6) is 0 Å². The van der Waals surface area contributed by atoms with E-state index in [1.165, 1.54) is 24.8 Å². The van der Waals surface area contributed by atoms with Crippen molar-refractivity contribution in [1.82, 2.24) is 15.1 Å². The Balaban J connectivity index is 2.08. The number of rotatable bonds is 4. The first-order valence-corrected chi connectivity index (χ1v) is 6.90. The fourth-order valence-electron chi connectivity index (χ4n) is 3.06. The normalized spacial score (nSPS) is 29.5. The molecule has 1 heterocycles. The molecule has 3 atom stereocenters. The molecule has 3 heteroatoms. The van der Waals surface area contributed by atoms with Crippen LogP contribution in [-0.4, -0.2) is 22.9 Å². The summed E-state index contributed by atoms with van der Waals surface area (Å²) in [5.74, 6) is 2.35. The van der Waals surface area contributed by atoms with Gasteiger partial charge in [-0.25, -0.2) is 0 Å². The molecule has 1 aliphatic carbocycles. The quantitative estimate of drug-likeness (QED) is 0.869. The molecule has 3 nitrogen and oxygen atoms in total. The van der Waals surface area contributed by atoms with E-state index in [0.29, 0.717) is 5.92 Å². The molecule has 1 aromatic heterocycles. The lowest BCUT2D eigenvalue weighted by Crippen LogP contribution is -2.31. The Morgan fingerprint density at radius 3 is 2.94 bits per heavy atom. The minimum Gasteiger partial charge on any atom is -0.317 e. The monoisotopic (exact) mass is 235 g/mol. The van der Waals surface area contributed by atoms with Gasteiger partial charge >= 0.3 is 0 Å². The highest BCUT2D eigenvalue weighted by Gasteiger charge is 2.30. The van der Waals surface area contributed by atoms with Crippen molar-refractivity contribution in [3.05, 3.63) is 18.0 Å². The Bertz CT molecular complexity index is 343. The van der Waals surface area contributed by atoms with Crippen molar-refractivity contribution in [2.24, 2.45) is 18.9 Å². The number of aromatic nitrogens is 2. The van der Waals surface area contributed by atoms with E-state index in [4.69, 9.17) is 0 Å². The number of nitrogens with one attached hydrogen (secondary N) is 1. The molecule has 0 saturated heterocycles. The van der Waals surface area contributed by atoms with Crippen LogP contribution in [0.1, 0.15) is 44.6 Å². The molecular weight excluding hydrogens is 210 g/mol. The Labute approximate surface area is 105 Å². The average molecular weight is 235 g/mol. The van der Waals surface area contributed by atoms with E-state index in [0.717, 1.165) is 24.9 Å². The van der Waals surface area contributed by atoms with Gasteiger partial charge in [0.05, 0.1) is 6.20 Å². The largest absolute Gasteiger partial charge is 0.317 e. The van der Waals surface area contributed by atoms with Crippen molar-refractivity contribution >= 4 is 0 Å². The zero-order valence-corrected chi connectivity index (χ0v) is 11.3. The van der Waals surface area contributed by atoms with Gasteiger partial charge in [0.15, 0.2) is 0 Å². The number of aryl methyl sites for hydroxylation is 1. The van der Waals surface area contributed by atoms with E-state index in [1.807, 2.05) is 11.7 Å². The van der Waals surface area contributed by atoms with Gasteiger partial charge in [-0.3, -0.25) is 4.68 Å². The van der Waals surface area contributed by atoms with Crippen LogP contribution >= 0.6 is 0 Å². The number of hydrogen-bond acceptors (Lipinski definition) is 2. The maximum atomic E-state index is 4.33. The molecule has 1 aliphatic rings. The van der Waals surface area contributed by atoms with Crippen LogP contribution in [0.25, 0.3) is 0 Å². The van der Waals surface area contributed by atoms with Crippen LogP contribution in [-0.2, 0) is 7.05 Å². The van der Waals surface area contributed by atoms with Gasteiger partial charge in [0.1, 0.15) is 0 Å². The maximum Gasteiger partial charge on any atom is 0.0524 e. The van der Waals surface area contributed by atoms with Crippen molar-refractivity contribution in [3.8, 4) is 0 Å². The Morgan fingerprint density at radius 1 is 1.47 bits per heavy atom. The first-order chi connectivity index (χ1) is 8.20. The molecule has 0 radical (unpaired) electrons. The van der Waals surface area contributed by atoms with Gasteiger partial charge in [0.25, 0.3) is 0 Å².